The van der Waals surface area contributed by atoms with Crippen molar-refractivity contribution in [3.8, 4) is 0 Å². The second kappa shape index (κ2) is 8.98. The second-order valence-corrected chi connectivity index (χ2v) is 10.2. The van der Waals surface area contributed by atoms with Crippen LogP contribution in [0, 0.1) is 10.8 Å². The maximum absolute atomic E-state index is 13.7. The van der Waals surface area contributed by atoms with Crippen molar-refractivity contribution in [2.24, 2.45) is 10.8 Å². The molecule has 2 aliphatic carbocycles. The summed E-state index contributed by atoms with van der Waals surface area (Å²) in [5.41, 5.74) is 6.86. The van der Waals surface area contributed by atoms with Gasteiger partial charge in [-0.15, -0.1) is 0 Å². The molecule has 0 radical (unpaired) electrons. The van der Waals surface area contributed by atoms with Crippen LogP contribution in [-0.4, -0.2) is 11.6 Å². The summed E-state index contributed by atoms with van der Waals surface area (Å²) >= 11 is 0. The average Bonchev–Trinajstić information content (AvgIpc) is 2.89. The number of hydrogen-bond acceptors (Lipinski definition) is 2. The summed E-state index contributed by atoms with van der Waals surface area (Å²) in [6.45, 7) is 13.0. The van der Waals surface area contributed by atoms with Crippen molar-refractivity contribution in [3.63, 3.8) is 0 Å². The first-order chi connectivity index (χ1) is 16.2. The summed E-state index contributed by atoms with van der Waals surface area (Å²) in [6.07, 6.45) is 7.83. The third-order valence-electron chi connectivity index (χ3n) is 8.70. The van der Waals surface area contributed by atoms with Gasteiger partial charge in [-0.1, -0.05) is 90.1 Å². The van der Waals surface area contributed by atoms with Gasteiger partial charge in [0.1, 0.15) is 0 Å². The van der Waals surface area contributed by atoms with Crippen molar-refractivity contribution in [1.82, 2.24) is 0 Å². The van der Waals surface area contributed by atoms with E-state index < -0.39 is 0 Å². The van der Waals surface area contributed by atoms with Crippen LogP contribution in [0.15, 0.2) is 71.8 Å². The van der Waals surface area contributed by atoms with Crippen molar-refractivity contribution in [3.05, 3.63) is 94.1 Å². The Bertz CT molecular complexity index is 1150. The topological polar surface area (TPSA) is 34.1 Å². The number of hydrogen-bond donors (Lipinski definition) is 0. The van der Waals surface area contributed by atoms with Crippen molar-refractivity contribution >= 4 is 22.7 Å². The number of carbonyl (C=O) groups is 2. The van der Waals surface area contributed by atoms with Gasteiger partial charge in [-0.05, 0) is 70.9 Å². The van der Waals surface area contributed by atoms with Crippen LogP contribution in [0.4, 0.5) is 0 Å². The van der Waals surface area contributed by atoms with Crippen LogP contribution in [0.3, 0.4) is 0 Å². The van der Waals surface area contributed by atoms with Crippen LogP contribution in [-0.2, 0) is 0 Å². The highest BCUT2D eigenvalue weighted by Gasteiger charge is 2.38. The van der Waals surface area contributed by atoms with Crippen molar-refractivity contribution < 1.29 is 9.59 Å². The van der Waals surface area contributed by atoms with E-state index in [1.165, 1.54) is 0 Å². The average molecular weight is 453 g/mol. The number of rotatable bonds is 6. The first-order valence-corrected chi connectivity index (χ1v) is 12.7. The van der Waals surface area contributed by atoms with E-state index in [9.17, 15) is 9.59 Å². The molecule has 0 N–H and O–H groups in total. The number of ketones is 2. The summed E-state index contributed by atoms with van der Waals surface area (Å²) in [5.74, 6) is 0.255. The normalized spacial score (nSPS) is 18.3. The number of fused-ring (bicyclic) bond motifs is 2. The predicted octanol–water partition coefficient (Wildman–Crippen LogP) is 8.50. The summed E-state index contributed by atoms with van der Waals surface area (Å²) in [7, 11) is 0. The third-order valence-corrected chi connectivity index (χ3v) is 8.70. The largest absolute Gasteiger partial charge is 0.289 e. The molecule has 0 saturated heterocycles. The molecule has 0 saturated carbocycles. The van der Waals surface area contributed by atoms with Gasteiger partial charge in [0.15, 0.2) is 11.6 Å². The lowest BCUT2D eigenvalue weighted by Crippen LogP contribution is -2.28. The first-order valence-electron chi connectivity index (χ1n) is 12.7. The van der Waals surface area contributed by atoms with E-state index in [2.05, 4.69) is 53.7 Å². The number of allylic oxidation sites excluding steroid dienone is 6. The molecule has 2 nitrogen and oxygen atoms in total. The lowest BCUT2D eigenvalue weighted by atomic mass is 9.67. The monoisotopic (exact) mass is 452 g/mol. The quantitative estimate of drug-likeness (QED) is 0.440. The molecule has 0 bridgehead atoms. The molecule has 0 unspecified atom stereocenters. The van der Waals surface area contributed by atoms with E-state index in [1.807, 2.05) is 48.5 Å². The number of benzene rings is 2. The molecule has 0 aliphatic heterocycles. The molecule has 0 spiro atoms. The molecular formula is C32H36O2. The third kappa shape index (κ3) is 3.64. The first kappa shape index (κ1) is 24.1. The van der Waals surface area contributed by atoms with Gasteiger partial charge < -0.3 is 0 Å². The highest BCUT2D eigenvalue weighted by molar-refractivity contribution is 6.23. The molecule has 4 rings (SSSR count). The minimum absolute atomic E-state index is 0.127. The number of carbonyl (C=O) groups excluding carboxylic acids is 2. The molecule has 0 atom stereocenters. The minimum Gasteiger partial charge on any atom is -0.289 e. The van der Waals surface area contributed by atoms with Crippen LogP contribution in [0.1, 0.15) is 99.1 Å². The van der Waals surface area contributed by atoms with Gasteiger partial charge in [0.05, 0.1) is 0 Å². The van der Waals surface area contributed by atoms with E-state index in [0.717, 1.165) is 70.2 Å². The fourth-order valence-electron chi connectivity index (χ4n) is 5.30. The fourth-order valence-corrected chi connectivity index (χ4v) is 5.30. The minimum atomic E-state index is -0.200. The highest BCUT2D eigenvalue weighted by Crippen LogP contribution is 2.48. The molecule has 0 heterocycles. The summed E-state index contributed by atoms with van der Waals surface area (Å²) in [4.78, 5) is 27.3. The zero-order valence-corrected chi connectivity index (χ0v) is 21.4. The van der Waals surface area contributed by atoms with Gasteiger partial charge in [0.2, 0.25) is 0 Å². The van der Waals surface area contributed by atoms with Crippen molar-refractivity contribution in [2.75, 3.05) is 0 Å². The molecule has 0 fully saturated rings. The van der Waals surface area contributed by atoms with Crippen LogP contribution >= 0.6 is 0 Å². The van der Waals surface area contributed by atoms with Crippen molar-refractivity contribution in [1.29, 1.82) is 0 Å². The second-order valence-electron chi connectivity index (χ2n) is 10.2. The van der Waals surface area contributed by atoms with Gasteiger partial charge in [-0.3, -0.25) is 9.59 Å². The zero-order chi connectivity index (χ0) is 24.7. The van der Waals surface area contributed by atoms with Gasteiger partial charge in [-0.2, -0.15) is 0 Å². The molecule has 2 heteroatoms. The SMILES string of the molecule is CCC(C)(CC)C1=C/C(=C2/C=C(C(C)(CC)CC)C(=O)c3ccccc32)c2ccccc2C1=O. The summed E-state index contributed by atoms with van der Waals surface area (Å²) in [6, 6.07) is 15.9. The molecule has 34 heavy (non-hydrogen) atoms. The predicted molar refractivity (Wildman–Crippen MR) is 142 cm³/mol. The molecule has 0 aromatic heterocycles. The van der Waals surface area contributed by atoms with Crippen LogP contribution in [0.5, 0.6) is 0 Å². The molecule has 176 valence electrons. The maximum atomic E-state index is 13.7. The van der Waals surface area contributed by atoms with E-state index >= 15 is 0 Å². The summed E-state index contributed by atoms with van der Waals surface area (Å²) < 4.78 is 0. The van der Waals surface area contributed by atoms with E-state index in [4.69, 9.17) is 0 Å². The molecule has 0 amide bonds. The van der Waals surface area contributed by atoms with Crippen LogP contribution in [0.25, 0.3) is 11.1 Å². The zero-order valence-electron chi connectivity index (χ0n) is 21.4. The lowest BCUT2D eigenvalue weighted by molar-refractivity contribution is 0.0989. The van der Waals surface area contributed by atoms with Crippen LogP contribution < -0.4 is 0 Å². The highest BCUT2D eigenvalue weighted by atomic mass is 16.1. The lowest BCUT2D eigenvalue weighted by Gasteiger charge is -2.35. The maximum Gasteiger partial charge on any atom is 0.190 e. The Morgan fingerprint density at radius 2 is 0.824 bits per heavy atom. The van der Waals surface area contributed by atoms with Crippen molar-refractivity contribution in [2.45, 2.75) is 67.2 Å². The Balaban J connectivity index is 2.13. The Morgan fingerprint density at radius 3 is 1.12 bits per heavy atom. The molecule has 2 aromatic rings. The van der Waals surface area contributed by atoms with E-state index in [0.29, 0.717) is 0 Å². The van der Waals surface area contributed by atoms with Gasteiger partial charge >= 0.3 is 0 Å². The number of Topliss-reactive ketones (excluding diaryl/α,β-unsaturated/α-hetero) is 2. The smallest absolute Gasteiger partial charge is 0.190 e. The Labute approximate surface area is 204 Å². The molecule has 2 aliphatic rings. The van der Waals surface area contributed by atoms with Gasteiger partial charge in [-0.25, -0.2) is 0 Å². The summed E-state index contributed by atoms with van der Waals surface area (Å²) in [5, 5.41) is 0. The van der Waals surface area contributed by atoms with Crippen LogP contribution in [0.2, 0.25) is 0 Å². The van der Waals surface area contributed by atoms with Gasteiger partial charge in [0.25, 0.3) is 0 Å². The Hall–Kier alpha value is -3.00. The Kier molecular flexibility index (Phi) is 6.38. The van der Waals surface area contributed by atoms with E-state index in [1.54, 1.807) is 0 Å². The fraction of sp³-hybridized carbons (Fsp3) is 0.375. The molecule has 2 aromatic carbocycles. The molecular weight excluding hydrogens is 416 g/mol. The van der Waals surface area contributed by atoms with Gasteiger partial charge in [0, 0.05) is 22.3 Å². The van der Waals surface area contributed by atoms with E-state index in [-0.39, 0.29) is 22.4 Å². The standard InChI is InChI=1S/C32H36O2/c1-7-31(5,8-2)27-19-25(21-15-11-13-17-23(21)29(27)33)26-20-28(32(6,9-3)10-4)30(34)24-18-14-12-16-22(24)26/h11-20H,7-10H2,1-6H3/b26-25+. The Morgan fingerprint density at radius 1 is 0.529 bits per heavy atom.